The van der Waals surface area contributed by atoms with Gasteiger partial charge in [-0.3, -0.25) is 4.79 Å². The number of carbonyl (C=O) groups excluding carboxylic acids is 1. The summed E-state index contributed by atoms with van der Waals surface area (Å²) in [5.41, 5.74) is 7.36. The van der Waals surface area contributed by atoms with Gasteiger partial charge < -0.3 is 15.5 Å². The molecule has 3 N–H and O–H groups in total. The van der Waals surface area contributed by atoms with Gasteiger partial charge in [0.05, 0.1) is 6.04 Å². The van der Waals surface area contributed by atoms with E-state index < -0.39 is 0 Å². The minimum atomic E-state index is -0.377. The minimum Gasteiger partial charge on any atom is -0.446 e. The van der Waals surface area contributed by atoms with Gasteiger partial charge in [0.1, 0.15) is 6.26 Å². The third-order valence-corrected chi connectivity index (χ3v) is 2.78. The number of nitrogens with one attached hydrogen (secondary N) is 1. The van der Waals surface area contributed by atoms with E-state index in [1.54, 1.807) is 6.08 Å². The highest BCUT2D eigenvalue weighted by atomic mass is 16.3. The Kier molecular flexibility index (Phi) is 4.68. The number of carbonyl (C=O) groups is 1. The second-order valence-corrected chi connectivity index (χ2v) is 4.37. The number of benzene rings is 1. The molecule has 1 unspecified atom stereocenters. The summed E-state index contributed by atoms with van der Waals surface area (Å²) < 4.78 is 5.28. The van der Waals surface area contributed by atoms with Crippen molar-refractivity contribution in [3.05, 3.63) is 66.4 Å². The molecule has 1 aromatic heterocycles. The summed E-state index contributed by atoms with van der Waals surface area (Å²) in [4.78, 5) is 15.8. The minimum absolute atomic E-state index is 0.227. The number of rotatable bonds is 6. The molecule has 0 aliphatic rings. The molecular formula is C15H17N3O2. The van der Waals surface area contributed by atoms with E-state index in [4.69, 9.17) is 10.2 Å². The van der Waals surface area contributed by atoms with Gasteiger partial charge in [-0.05, 0) is 12.0 Å². The van der Waals surface area contributed by atoms with Crippen molar-refractivity contribution in [2.45, 2.75) is 12.5 Å². The van der Waals surface area contributed by atoms with Crippen LogP contribution in [0.3, 0.4) is 0 Å². The molecule has 0 spiro atoms. The second kappa shape index (κ2) is 6.68. The summed E-state index contributed by atoms with van der Waals surface area (Å²) >= 11 is 0. The molecule has 0 saturated carbocycles. The van der Waals surface area contributed by atoms with Gasteiger partial charge in [0.25, 0.3) is 5.91 Å². The van der Waals surface area contributed by atoms with Gasteiger partial charge >= 0.3 is 0 Å². The number of amides is 1. The Hall–Kier alpha value is -2.40. The first kappa shape index (κ1) is 14.0. The Morgan fingerprint density at radius 1 is 1.45 bits per heavy atom. The first-order valence-corrected chi connectivity index (χ1v) is 6.34. The molecule has 0 fully saturated rings. The van der Waals surface area contributed by atoms with Gasteiger partial charge in [-0.2, -0.15) is 0 Å². The fourth-order valence-corrected chi connectivity index (χ4v) is 1.77. The molecule has 0 bridgehead atoms. The van der Waals surface area contributed by atoms with Crippen molar-refractivity contribution in [2.75, 3.05) is 6.54 Å². The zero-order valence-corrected chi connectivity index (χ0v) is 11.1. The lowest BCUT2D eigenvalue weighted by Gasteiger charge is -2.06. The molecule has 0 aliphatic heterocycles. The van der Waals surface area contributed by atoms with Crippen LogP contribution >= 0.6 is 0 Å². The lowest BCUT2D eigenvalue weighted by molar-refractivity contribution is 0.0953. The summed E-state index contributed by atoms with van der Waals surface area (Å²) in [5.74, 6) is 0.0596. The molecule has 1 heterocycles. The predicted molar refractivity (Wildman–Crippen MR) is 76.1 cm³/mol. The van der Waals surface area contributed by atoms with Crippen LogP contribution in [0.2, 0.25) is 0 Å². The average molecular weight is 271 g/mol. The average Bonchev–Trinajstić information content (AvgIpc) is 2.96. The van der Waals surface area contributed by atoms with Crippen LogP contribution in [-0.2, 0) is 6.42 Å². The topological polar surface area (TPSA) is 81.2 Å². The van der Waals surface area contributed by atoms with E-state index in [-0.39, 0.29) is 17.6 Å². The maximum absolute atomic E-state index is 11.7. The maximum atomic E-state index is 11.7. The quantitative estimate of drug-likeness (QED) is 0.785. The number of aromatic nitrogens is 1. The van der Waals surface area contributed by atoms with Crippen LogP contribution in [0.4, 0.5) is 0 Å². The molecular weight excluding hydrogens is 254 g/mol. The smallest absolute Gasteiger partial charge is 0.273 e. The van der Waals surface area contributed by atoms with Crippen LogP contribution in [0.5, 0.6) is 0 Å². The highest BCUT2D eigenvalue weighted by Gasteiger charge is 2.16. The normalized spacial score (nSPS) is 11.8. The Balaban J connectivity index is 2.01. The lowest BCUT2D eigenvalue weighted by atomic mass is 10.1. The monoisotopic (exact) mass is 271 g/mol. The molecule has 5 nitrogen and oxygen atoms in total. The Morgan fingerprint density at radius 3 is 2.90 bits per heavy atom. The van der Waals surface area contributed by atoms with Crippen molar-refractivity contribution in [1.82, 2.24) is 10.3 Å². The number of nitrogens with two attached hydrogens (primary N) is 1. The Labute approximate surface area is 117 Å². The first-order valence-electron chi connectivity index (χ1n) is 6.34. The number of hydrogen-bond donors (Lipinski definition) is 2. The van der Waals surface area contributed by atoms with Crippen LogP contribution in [0.15, 0.2) is 53.7 Å². The summed E-state index contributed by atoms with van der Waals surface area (Å²) in [6.07, 6.45) is 3.52. The van der Waals surface area contributed by atoms with Gasteiger partial charge in [-0.1, -0.05) is 36.4 Å². The fraction of sp³-hybridized carbons (Fsp3) is 0.200. The fourth-order valence-electron chi connectivity index (χ4n) is 1.77. The molecule has 20 heavy (non-hydrogen) atoms. The SMILES string of the molecule is C=CCNC(=O)c1coc(C(N)Cc2ccccc2)n1. The molecule has 0 saturated heterocycles. The number of nitrogens with zero attached hydrogens (tertiary/aromatic N) is 1. The van der Waals surface area contributed by atoms with Crippen molar-refractivity contribution in [2.24, 2.45) is 5.73 Å². The Morgan fingerprint density at radius 2 is 2.20 bits per heavy atom. The van der Waals surface area contributed by atoms with Crippen molar-refractivity contribution in [1.29, 1.82) is 0 Å². The van der Waals surface area contributed by atoms with Gasteiger partial charge in [0, 0.05) is 6.54 Å². The molecule has 104 valence electrons. The molecule has 5 heteroatoms. The largest absolute Gasteiger partial charge is 0.446 e. The van der Waals surface area contributed by atoms with Crippen LogP contribution in [0.25, 0.3) is 0 Å². The van der Waals surface area contributed by atoms with Gasteiger partial charge in [-0.25, -0.2) is 4.98 Å². The first-order chi connectivity index (χ1) is 9.70. The predicted octanol–water partition coefficient (Wildman–Crippen LogP) is 1.83. The van der Waals surface area contributed by atoms with Crippen LogP contribution in [0, 0.1) is 0 Å². The summed E-state index contributed by atoms with van der Waals surface area (Å²) in [6, 6.07) is 9.44. The van der Waals surface area contributed by atoms with E-state index in [2.05, 4.69) is 16.9 Å². The summed E-state index contributed by atoms with van der Waals surface area (Å²) in [6.45, 7) is 3.91. The summed E-state index contributed by atoms with van der Waals surface area (Å²) in [5, 5.41) is 2.63. The van der Waals surface area contributed by atoms with E-state index in [0.29, 0.717) is 18.9 Å². The molecule has 0 radical (unpaired) electrons. The Bertz CT molecular complexity index is 578. The summed E-state index contributed by atoms with van der Waals surface area (Å²) in [7, 11) is 0. The lowest BCUT2D eigenvalue weighted by Crippen LogP contribution is -2.23. The van der Waals surface area contributed by atoms with E-state index in [1.807, 2.05) is 30.3 Å². The van der Waals surface area contributed by atoms with Crippen molar-refractivity contribution in [3.8, 4) is 0 Å². The molecule has 1 amide bonds. The number of hydrogen-bond acceptors (Lipinski definition) is 4. The molecule has 0 aliphatic carbocycles. The van der Waals surface area contributed by atoms with Crippen molar-refractivity contribution in [3.63, 3.8) is 0 Å². The third-order valence-electron chi connectivity index (χ3n) is 2.78. The highest BCUT2D eigenvalue weighted by Crippen LogP contribution is 2.15. The van der Waals surface area contributed by atoms with Crippen molar-refractivity contribution < 1.29 is 9.21 Å². The molecule has 1 atom stereocenters. The zero-order valence-electron chi connectivity index (χ0n) is 11.1. The second-order valence-electron chi connectivity index (χ2n) is 4.37. The van der Waals surface area contributed by atoms with Gasteiger partial charge in [0.2, 0.25) is 5.89 Å². The highest BCUT2D eigenvalue weighted by molar-refractivity contribution is 5.91. The van der Waals surface area contributed by atoms with Crippen molar-refractivity contribution >= 4 is 5.91 Å². The maximum Gasteiger partial charge on any atom is 0.273 e. The number of oxazole rings is 1. The van der Waals surface area contributed by atoms with Crippen LogP contribution in [-0.4, -0.2) is 17.4 Å². The van der Waals surface area contributed by atoms with Crippen LogP contribution < -0.4 is 11.1 Å². The van der Waals surface area contributed by atoms with Gasteiger partial charge in [0.15, 0.2) is 5.69 Å². The van der Waals surface area contributed by atoms with E-state index in [0.717, 1.165) is 5.56 Å². The van der Waals surface area contributed by atoms with Gasteiger partial charge in [-0.15, -0.1) is 6.58 Å². The standard InChI is InChI=1S/C15H17N3O2/c1-2-8-17-14(19)13-10-20-15(18-13)12(16)9-11-6-4-3-5-7-11/h2-7,10,12H,1,8-9,16H2,(H,17,19). The van der Waals surface area contributed by atoms with E-state index >= 15 is 0 Å². The zero-order chi connectivity index (χ0) is 14.4. The molecule has 2 aromatic rings. The third kappa shape index (κ3) is 3.55. The molecule has 1 aromatic carbocycles. The van der Waals surface area contributed by atoms with E-state index in [9.17, 15) is 4.79 Å². The molecule has 2 rings (SSSR count). The van der Waals surface area contributed by atoms with E-state index in [1.165, 1.54) is 6.26 Å². The van der Waals surface area contributed by atoms with Crippen LogP contribution in [0.1, 0.15) is 28.0 Å².